The molecule has 3 aromatic rings. The SMILES string of the molecule is COc1ccc(-c2csc(NC(=O)C=Cc3ccc([N+](=O)[O-])s3)n2)cc1OC. The summed E-state index contributed by atoms with van der Waals surface area (Å²) in [4.78, 5) is 27.3. The van der Waals surface area contributed by atoms with Crippen LogP contribution in [0.5, 0.6) is 11.5 Å². The lowest BCUT2D eigenvalue weighted by atomic mass is 10.1. The normalized spacial score (nSPS) is 10.8. The Labute approximate surface area is 168 Å². The zero-order chi connectivity index (χ0) is 20.1. The van der Waals surface area contributed by atoms with Gasteiger partial charge in [0.2, 0.25) is 5.91 Å². The molecule has 0 saturated carbocycles. The number of nitrogens with zero attached hydrogens (tertiary/aromatic N) is 2. The van der Waals surface area contributed by atoms with Crippen LogP contribution >= 0.6 is 22.7 Å². The first kappa shape index (κ1) is 19.5. The molecule has 0 aliphatic heterocycles. The van der Waals surface area contributed by atoms with Gasteiger partial charge in [-0.1, -0.05) is 11.3 Å². The number of carbonyl (C=O) groups excluding carboxylic acids is 1. The molecule has 0 saturated heterocycles. The number of methoxy groups -OCH3 is 2. The van der Waals surface area contributed by atoms with Gasteiger partial charge in [-0.15, -0.1) is 11.3 Å². The summed E-state index contributed by atoms with van der Waals surface area (Å²) >= 11 is 2.29. The Morgan fingerprint density at radius 3 is 2.68 bits per heavy atom. The number of anilines is 1. The minimum atomic E-state index is -0.465. The number of amides is 1. The summed E-state index contributed by atoms with van der Waals surface area (Å²) in [6.45, 7) is 0. The molecule has 0 bridgehead atoms. The van der Waals surface area contributed by atoms with E-state index in [1.54, 1.807) is 26.4 Å². The fourth-order valence-corrected chi connectivity index (χ4v) is 3.74. The molecule has 10 heteroatoms. The number of benzene rings is 1. The van der Waals surface area contributed by atoms with Gasteiger partial charge in [-0.05, 0) is 30.3 Å². The largest absolute Gasteiger partial charge is 0.493 e. The predicted octanol–water partition coefficient (Wildman–Crippen LogP) is 4.45. The summed E-state index contributed by atoms with van der Waals surface area (Å²) < 4.78 is 10.5. The average molecular weight is 417 g/mol. The summed E-state index contributed by atoms with van der Waals surface area (Å²) in [6.07, 6.45) is 2.84. The van der Waals surface area contributed by atoms with E-state index < -0.39 is 4.92 Å². The second-order valence-corrected chi connectivity index (χ2v) is 7.32. The van der Waals surface area contributed by atoms with Crippen LogP contribution in [0.3, 0.4) is 0 Å². The van der Waals surface area contributed by atoms with Crippen LogP contribution in [0.4, 0.5) is 10.1 Å². The maximum absolute atomic E-state index is 12.1. The Kier molecular flexibility index (Phi) is 6.02. The molecule has 8 nitrogen and oxygen atoms in total. The molecule has 3 rings (SSSR count). The molecule has 0 radical (unpaired) electrons. The van der Waals surface area contributed by atoms with Gasteiger partial charge >= 0.3 is 5.00 Å². The number of thiazole rings is 1. The maximum Gasteiger partial charge on any atom is 0.324 e. The molecule has 0 fully saturated rings. The van der Waals surface area contributed by atoms with Crippen molar-refractivity contribution in [2.75, 3.05) is 19.5 Å². The molecule has 28 heavy (non-hydrogen) atoms. The lowest BCUT2D eigenvalue weighted by molar-refractivity contribution is -0.380. The van der Waals surface area contributed by atoms with Crippen LogP contribution < -0.4 is 14.8 Å². The Hall–Kier alpha value is -3.24. The van der Waals surface area contributed by atoms with Crippen LogP contribution in [0, 0.1) is 10.1 Å². The number of thiophene rings is 1. The van der Waals surface area contributed by atoms with E-state index in [0.29, 0.717) is 27.2 Å². The Morgan fingerprint density at radius 2 is 2.00 bits per heavy atom. The van der Waals surface area contributed by atoms with Gasteiger partial charge in [-0.25, -0.2) is 4.98 Å². The third-order valence-electron chi connectivity index (χ3n) is 3.61. The molecule has 2 aromatic heterocycles. The smallest absolute Gasteiger partial charge is 0.324 e. The number of nitro groups is 1. The minimum Gasteiger partial charge on any atom is -0.493 e. The number of hydrogen-bond donors (Lipinski definition) is 1. The van der Waals surface area contributed by atoms with E-state index in [2.05, 4.69) is 10.3 Å². The van der Waals surface area contributed by atoms with Crippen LogP contribution in [-0.4, -0.2) is 30.0 Å². The molecule has 1 amide bonds. The van der Waals surface area contributed by atoms with E-state index in [4.69, 9.17) is 9.47 Å². The summed E-state index contributed by atoms with van der Waals surface area (Å²) in [7, 11) is 3.12. The zero-order valence-corrected chi connectivity index (χ0v) is 16.5. The van der Waals surface area contributed by atoms with E-state index in [-0.39, 0.29) is 10.9 Å². The molecule has 0 aliphatic carbocycles. The van der Waals surface area contributed by atoms with E-state index in [1.807, 2.05) is 17.5 Å². The third-order valence-corrected chi connectivity index (χ3v) is 5.37. The topological polar surface area (TPSA) is 104 Å². The molecule has 0 unspecified atom stereocenters. The van der Waals surface area contributed by atoms with Gasteiger partial charge in [-0.2, -0.15) is 0 Å². The van der Waals surface area contributed by atoms with Gasteiger partial charge in [0.15, 0.2) is 16.6 Å². The summed E-state index contributed by atoms with van der Waals surface area (Å²) in [6, 6.07) is 8.44. The van der Waals surface area contributed by atoms with Gasteiger partial charge in [0.05, 0.1) is 24.8 Å². The highest BCUT2D eigenvalue weighted by molar-refractivity contribution is 7.16. The highest BCUT2D eigenvalue weighted by atomic mass is 32.1. The first-order valence-electron chi connectivity index (χ1n) is 7.91. The summed E-state index contributed by atoms with van der Waals surface area (Å²) in [5.74, 6) is 0.838. The number of carbonyl (C=O) groups is 1. The van der Waals surface area contributed by atoms with E-state index in [1.165, 1.54) is 29.6 Å². The predicted molar refractivity (Wildman–Crippen MR) is 109 cm³/mol. The maximum atomic E-state index is 12.1. The van der Waals surface area contributed by atoms with Crippen molar-refractivity contribution in [3.63, 3.8) is 0 Å². The third kappa shape index (κ3) is 4.53. The van der Waals surface area contributed by atoms with Crippen LogP contribution in [0.2, 0.25) is 0 Å². The molecule has 2 heterocycles. The van der Waals surface area contributed by atoms with Crippen LogP contribution in [-0.2, 0) is 4.79 Å². The Balaban J connectivity index is 1.67. The number of aromatic nitrogens is 1. The fraction of sp³-hybridized carbons (Fsp3) is 0.111. The van der Waals surface area contributed by atoms with Crippen molar-refractivity contribution in [1.29, 1.82) is 0 Å². The van der Waals surface area contributed by atoms with Gasteiger partial charge in [0, 0.05) is 28.0 Å². The van der Waals surface area contributed by atoms with E-state index in [9.17, 15) is 14.9 Å². The summed E-state index contributed by atoms with van der Waals surface area (Å²) in [5, 5.41) is 15.7. The number of rotatable bonds is 7. The van der Waals surface area contributed by atoms with Crippen molar-refractivity contribution >= 4 is 44.8 Å². The van der Waals surface area contributed by atoms with Crippen LogP contribution in [0.1, 0.15) is 4.88 Å². The van der Waals surface area contributed by atoms with E-state index in [0.717, 1.165) is 16.9 Å². The molecule has 144 valence electrons. The van der Waals surface area contributed by atoms with Crippen molar-refractivity contribution in [1.82, 2.24) is 4.98 Å². The molecule has 1 aromatic carbocycles. The van der Waals surface area contributed by atoms with Crippen molar-refractivity contribution in [2.45, 2.75) is 0 Å². The van der Waals surface area contributed by atoms with Crippen LogP contribution in [0.25, 0.3) is 17.3 Å². The first-order chi connectivity index (χ1) is 13.5. The first-order valence-corrected chi connectivity index (χ1v) is 9.61. The molecule has 0 spiro atoms. The highest BCUT2D eigenvalue weighted by Gasteiger charge is 2.11. The standard InChI is InChI=1S/C18H15N3O5S2/c1-25-14-6-3-11(9-15(14)26-2)13-10-27-18(19-13)20-16(22)7-4-12-5-8-17(28-12)21(23)24/h3-10H,1-2H3,(H,19,20,22). The highest BCUT2D eigenvalue weighted by Crippen LogP contribution is 2.33. The van der Waals surface area contributed by atoms with Crippen molar-refractivity contribution < 1.29 is 19.2 Å². The molecule has 0 aliphatic rings. The molecular formula is C18H15N3O5S2. The fourth-order valence-electron chi connectivity index (χ4n) is 2.29. The van der Waals surface area contributed by atoms with Crippen molar-refractivity contribution in [3.05, 3.63) is 56.8 Å². The Bertz CT molecular complexity index is 1040. The van der Waals surface area contributed by atoms with E-state index >= 15 is 0 Å². The van der Waals surface area contributed by atoms with Crippen LogP contribution in [0.15, 0.2) is 41.8 Å². The lowest BCUT2D eigenvalue weighted by Gasteiger charge is -2.08. The number of ether oxygens (including phenoxy) is 2. The Morgan fingerprint density at radius 1 is 1.21 bits per heavy atom. The second kappa shape index (κ2) is 8.63. The van der Waals surface area contributed by atoms with Gasteiger partial charge in [0.25, 0.3) is 0 Å². The molecule has 1 N–H and O–H groups in total. The zero-order valence-electron chi connectivity index (χ0n) is 14.9. The monoisotopic (exact) mass is 417 g/mol. The summed E-state index contributed by atoms with van der Waals surface area (Å²) in [5.41, 5.74) is 1.52. The molecular weight excluding hydrogens is 402 g/mol. The number of hydrogen-bond acceptors (Lipinski definition) is 8. The van der Waals surface area contributed by atoms with Crippen molar-refractivity contribution in [2.24, 2.45) is 0 Å². The average Bonchev–Trinajstić information content (AvgIpc) is 3.35. The van der Waals surface area contributed by atoms with Gasteiger partial charge in [-0.3, -0.25) is 20.2 Å². The number of nitrogens with one attached hydrogen (secondary N) is 1. The lowest BCUT2D eigenvalue weighted by Crippen LogP contribution is -2.07. The van der Waals surface area contributed by atoms with Gasteiger partial charge in [0.1, 0.15) is 0 Å². The van der Waals surface area contributed by atoms with Crippen molar-refractivity contribution in [3.8, 4) is 22.8 Å². The second-order valence-electron chi connectivity index (χ2n) is 5.36. The molecule has 0 atom stereocenters. The minimum absolute atomic E-state index is 0.0274. The van der Waals surface area contributed by atoms with Gasteiger partial charge < -0.3 is 9.47 Å². The quantitative estimate of drug-likeness (QED) is 0.346.